The van der Waals surface area contributed by atoms with E-state index in [1.165, 1.54) is 0 Å². The van der Waals surface area contributed by atoms with Crippen molar-refractivity contribution < 1.29 is 9.59 Å². The number of benzene rings is 1. The van der Waals surface area contributed by atoms with Crippen LogP contribution in [0.15, 0.2) is 24.3 Å². The molecule has 0 heterocycles. The SMILES string of the molecule is CC(C)C(=O)N(C)Cc1ccc(C(=O)N(C)C(C)CN)cc1.Cl. The van der Waals surface area contributed by atoms with Gasteiger partial charge in [0, 0.05) is 44.7 Å². The lowest BCUT2D eigenvalue weighted by Gasteiger charge is -2.24. The fourth-order valence-corrected chi connectivity index (χ4v) is 2.11. The van der Waals surface area contributed by atoms with Crippen LogP contribution in [0.4, 0.5) is 0 Å². The Morgan fingerprint density at radius 2 is 1.61 bits per heavy atom. The number of amides is 2. The maximum absolute atomic E-state index is 12.3. The predicted octanol–water partition coefficient (Wildman–Crippen LogP) is 2.14. The minimum Gasteiger partial charge on any atom is -0.341 e. The molecule has 1 aromatic carbocycles. The molecule has 0 bridgehead atoms. The van der Waals surface area contributed by atoms with Gasteiger partial charge in [-0.15, -0.1) is 12.4 Å². The monoisotopic (exact) mass is 341 g/mol. The minimum absolute atomic E-state index is 0. The van der Waals surface area contributed by atoms with Crippen molar-refractivity contribution in [2.75, 3.05) is 20.6 Å². The van der Waals surface area contributed by atoms with Gasteiger partial charge in [0.05, 0.1) is 0 Å². The standard InChI is InChI=1S/C17H27N3O2.ClH/c1-12(2)16(21)19(4)11-14-6-8-15(9-7-14)17(22)20(5)13(3)10-18;/h6-9,12-13H,10-11,18H2,1-5H3;1H. The highest BCUT2D eigenvalue weighted by molar-refractivity contribution is 5.94. The fraction of sp³-hybridized carbons (Fsp3) is 0.529. The zero-order valence-electron chi connectivity index (χ0n) is 14.6. The second kappa shape index (κ2) is 9.53. The van der Waals surface area contributed by atoms with Crippen molar-refractivity contribution in [1.29, 1.82) is 0 Å². The van der Waals surface area contributed by atoms with Crippen LogP contribution < -0.4 is 5.73 Å². The molecule has 0 saturated heterocycles. The lowest BCUT2D eigenvalue weighted by molar-refractivity contribution is -0.133. The van der Waals surface area contributed by atoms with Gasteiger partial charge in [-0.1, -0.05) is 26.0 Å². The molecule has 6 heteroatoms. The summed E-state index contributed by atoms with van der Waals surface area (Å²) in [6.45, 7) is 6.66. The van der Waals surface area contributed by atoms with E-state index in [-0.39, 0.29) is 36.2 Å². The second-order valence-corrected chi connectivity index (χ2v) is 6.05. The molecule has 0 aromatic heterocycles. The first-order valence-corrected chi connectivity index (χ1v) is 7.59. The Balaban J connectivity index is 0.00000484. The van der Waals surface area contributed by atoms with Gasteiger partial charge < -0.3 is 15.5 Å². The first kappa shape index (κ1) is 21.4. The lowest BCUT2D eigenvalue weighted by Crippen LogP contribution is -2.39. The molecule has 23 heavy (non-hydrogen) atoms. The Morgan fingerprint density at radius 1 is 1.09 bits per heavy atom. The zero-order chi connectivity index (χ0) is 16.9. The smallest absolute Gasteiger partial charge is 0.253 e. The van der Waals surface area contributed by atoms with Crippen LogP contribution >= 0.6 is 12.4 Å². The first-order valence-electron chi connectivity index (χ1n) is 7.59. The molecule has 0 fully saturated rings. The molecule has 1 rings (SSSR count). The number of hydrogen-bond donors (Lipinski definition) is 1. The molecule has 0 saturated carbocycles. The van der Waals surface area contributed by atoms with Crippen LogP contribution in [0.2, 0.25) is 0 Å². The van der Waals surface area contributed by atoms with Gasteiger partial charge in [0.25, 0.3) is 5.91 Å². The average molecular weight is 342 g/mol. The quantitative estimate of drug-likeness (QED) is 0.862. The highest BCUT2D eigenvalue weighted by Crippen LogP contribution is 2.11. The van der Waals surface area contributed by atoms with Crippen molar-refractivity contribution >= 4 is 24.2 Å². The van der Waals surface area contributed by atoms with Crippen molar-refractivity contribution in [3.63, 3.8) is 0 Å². The van der Waals surface area contributed by atoms with Gasteiger partial charge in [0.2, 0.25) is 5.91 Å². The molecule has 0 aliphatic rings. The van der Waals surface area contributed by atoms with Gasteiger partial charge in [0.1, 0.15) is 0 Å². The van der Waals surface area contributed by atoms with Crippen molar-refractivity contribution in [2.24, 2.45) is 11.7 Å². The van der Waals surface area contributed by atoms with E-state index in [1.54, 1.807) is 36.0 Å². The topological polar surface area (TPSA) is 66.6 Å². The Morgan fingerprint density at radius 3 is 2.04 bits per heavy atom. The third-order valence-corrected chi connectivity index (χ3v) is 3.81. The van der Waals surface area contributed by atoms with Crippen molar-refractivity contribution in [1.82, 2.24) is 9.80 Å². The van der Waals surface area contributed by atoms with E-state index < -0.39 is 0 Å². The van der Waals surface area contributed by atoms with Gasteiger partial charge in [-0.05, 0) is 24.6 Å². The van der Waals surface area contributed by atoms with E-state index in [1.807, 2.05) is 32.9 Å². The predicted molar refractivity (Wildman–Crippen MR) is 95.6 cm³/mol. The number of hydrogen-bond acceptors (Lipinski definition) is 3. The summed E-state index contributed by atoms with van der Waals surface area (Å²) in [6.07, 6.45) is 0. The van der Waals surface area contributed by atoms with Crippen molar-refractivity contribution in [3.8, 4) is 0 Å². The summed E-state index contributed by atoms with van der Waals surface area (Å²) in [5.74, 6) is 0.0463. The molecule has 5 nitrogen and oxygen atoms in total. The van der Waals surface area contributed by atoms with Gasteiger partial charge >= 0.3 is 0 Å². The molecule has 1 unspecified atom stereocenters. The average Bonchev–Trinajstić information content (AvgIpc) is 2.52. The van der Waals surface area contributed by atoms with E-state index in [0.29, 0.717) is 18.7 Å². The summed E-state index contributed by atoms with van der Waals surface area (Å²) in [7, 11) is 3.54. The molecule has 0 radical (unpaired) electrons. The fourth-order valence-electron chi connectivity index (χ4n) is 2.11. The van der Waals surface area contributed by atoms with E-state index in [0.717, 1.165) is 5.56 Å². The van der Waals surface area contributed by atoms with Gasteiger partial charge in [-0.3, -0.25) is 9.59 Å². The molecule has 0 aliphatic carbocycles. The molecule has 2 N–H and O–H groups in total. The maximum atomic E-state index is 12.3. The normalized spacial score (nSPS) is 11.6. The summed E-state index contributed by atoms with van der Waals surface area (Å²) in [4.78, 5) is 27.5. The van der Waals surface area contributed by atoms with E-state index in [4.69, 9.17) is 5.73 Å². The van der Waals surface area contributed by atoms with Crippen LogP contribution in [-0.4, -0.2) is 48.3 Å². The molecular formula is C17H28ClN3O2. The summed E-state index contributed by atoms with van der Waals surface area (Å²) in [5.41, 5.74) is 7.22. The highest BCUT2D eigenvalue weighted by Gasteiger charge is 2.17. The van der Waals surface area contributed by atoms with Crippen LogP contribution in [0.5, 0.6) is 0 Å². The third-order valence-electron chi connectivity index (χ3n) is 3.81. The zero-order valence-corrected chi connectivity index (χ0v) is 15.4. The molecule has 130 valence electrons. The molecule has 0 aliphatic heterocycles. The van der Waals surface area contributed by atoms with Crippen LogP contribution in [-0.2, 0) is 11.3 Å². The van der Waals surface area contributed by atoms with Crippen LogP contribution in [0.3, 0.4) is 0 Å². The first-order chi connectivity index (χ1) is 10.3. The summed E-state index contributed by atoms with van der Waals surface area (Å²) >= 11 is 0. The highest BCUT2D eigenvalue weighted by atomic mass is 35.5. The number of rotatable bonds is 6. The van der Waals surface area contributed by atoms with Gasteiger partial charge in [-0.25, -0.2) is 0 Å². The van der Waals surface area contributed by atoms with E-state index in [2.05, 4.69) is 0 Å². The molecule has 1 aromatic rings. The minimum atomic E-state index is -0.0453. The number of carbonyl (C=O) groups excluding carboxylic acids is 2. The van der Waals surface area contributed by atoms with Crippen LogP contribution in [0.1, 0.15) is 36.7 Å². The number of nitrogens with two attached hydrogens (primary N) is 1. The molecule has 0 spiro atoms. The van der Waals surface area contributed by atoms with Gasteiger partial charge in [-0.2, -0.15) is 0 Å². The number of likely N-dealkylation sites (N-methyl/N-ethyl adjacent to an activating group) is 1. The number of nitrogens with zero attached hydrogens (tertiary/aromatic N) is 2. The van der Waals surface area contributed by atoms with Gasteiger partial charge in [0.15, 0.2) is 0 Å². The van der Waals surface area contributed by atoms with Crippen molar-refractivity contribution in [3.05, 3.63) is 35.4 Å². The summed E-state index contributed by atoms with van der Waals surface area (Å²) < 4.78 is 0. The van der Waals surface area contributed by atoms with Crippen LogP contribution in [0, 0.1) is 5.92 Å². The van der Waals surface area contributed by atoms with Crippen molar-refractivity contribution in [2.45, 2.75) is 33.4 Å². The Kier molecular flexibility index (Phi) is 8.87. The van der Waals surface area contributed by atoms with Crippen LogP contribution in [0.25, 0.3) is 0 Å². The summed E-state index contributed by atoms with van der Waals surface area (Å²) in [5, 5.41) is 0. The van der Waals surface area contributed by atoms with E-state index >= 15 is 0 Å². The second-order valence-electron chi connectivity index (χ2n) is 6.05. The number of halogens is 1. The number of carbonyl (C=O) groups is 2. The lowest BCUT2D eigenvalue weighted by atomic mass is 10.1. The molecule has 2 amide bonds. The molecule has 1 atom stereocenters. The Hall–Kier alpha value is -1.59. The Labute approximate surface area is 145 Å². The maximum Gasteiger partial charge on any atom is 0.253 e. The third kappa shape index (κ3) is 5.84. The largest absolute Gasteiger partial charge is 0.341 e. The Bertz CT molecular complexity index is 517. The summed E-state index contributed by atoms with van der Waals surface area (Å²) in [6, 6.07) is 7.37. The molecular weight excluding hydrogens is 314 g/mol. The van der Waals surface area contributed by atoms with E-state index in [9.17, 15) is 9.59 Å².